The van der Waals surface area contributed by atoms with Gasteiger partial charge in [0.05, 0.1) is 23.8 Å². The van der Waals surface area contributed by atoms with Crippen LogP contribution in [0.5, 0.6) is 0 Å². The Morgan fingerprint density at radius 3 is 2.92 bits per heavy atom. The molecule has 2 saturated heterocycles. The minimum absolute atomic E-state index is 0.0355. The number of nitrogens with one attached hydrogen (secondary N) is 2. The smallest absolute Gasteiger partial charge is 0.241 e. The van der Waals surface area contributed by atoms with E-state index in [1.54, 1.807) is 22.8 Å². The molecule has 1 amide bonds. The fourth-order valence-electron chi connectivity index (χ4n) is 5.70. The molecule has 2 unspecified atom stereocenters. The molecule has 12 heteroatoms. The lowest BCUT2D eigenvalue weighted by atomic mass is 10.00. The molecule has 2 atom stereocenters. The van der Waals surface area contributed by atoms with Crippen molar-refractivity contribution in [2.45, 2.75) is 63.9 Å². The maximum absolute atomic E-state index is 12.5. The van der Waals surface area contributed by atoms with Crippen LogP contribution in [-0.4, -0.2) is 84.9 Å². The Hall–Kier alpha value is -2.96. The minimum atomic E-state index is -0.0355. The number of hydrogen-bond acceptors (Lipinski definition) is 9. The van der Waals surface area contributed by atoms with Crippen LogP contribution in [0.3, 0.4) is 0 Å². The summed E-state index contributed by atoms with van der Waals surface area (Å²) in [6.07, 6.45) is 12.7. The first-order chi connectivity index (χ1) is 19.0. The van der Waals surface area contributed by atoms with Crippen LogP contribution in [0.4, 0.5) is 5.82 Å². The summed E-state index contributed by atoms with van der Waals surface area (Å²) in [7, 11) is 0. The number of anilines is 1. The van der Waals surface area contributed by atoms with Crippen LogP contribution >= 0.6 is 11.9 Å². The van der Waals surface area contributed by atoms with Gasteiger partial charge in [0, 0.05) is 62.4 Å². The number of piperidine rings is 1. The van der Waals surface area contributed by atoms with E-state index in [9.17, 15) is 4.79 Å². The molecular weight excluding hydrogens is 514 g/mol. The van der Waals surface area contributed by atoms with Crippen LogP contribution in [0.1, 0.15) is 44.7 Å². The lowest BCUT2D eigenvalue weighted by Gasteiger charge is -2.30. The third-order valence-electron chi connectivity index (χ3n) is 7.61. The Bertz CT molecular complexity index is 1350. The Morgan fingerprint density at radius 1 is 1.21 bits per heavy atom. The molecule has 0 spiro atoms. The predicted molar refractivity (Wildman–Crippen MR) is 153 cm³/mol. The summed E-state index contributed by atoms with van der Waals surface area (Å²) in [5.74, 6) is 1.49. The zero-order valence-electron chi connectivity index (χ0n) is 22.7. The number of carbonyl (C=O) groups excluding carboxylic acids is 1. The van der Waals surface area contributed by atoms with E-state index < -0.39 is 0 Å². The van der Waals surface area contributed by atoms with E-state index in [4.69, 9.17) is 19.1 Å². The molecule has 2 N–H and O–H groups in total. The molecule has 2 fully saturated rings. The first-order valence-electron chi connectivity index (χ1n) is 14.0. The number of likely N-dealkylation sites (tertiary alicyclic amines) is 1. The Labute approximate surface area is 232 Å². The highest BCUT2D eigenvalue weighted by atomic mass is 32.2. The molecule has 0 radical (unpaired) electrons. The number of fused-ring (bicyclic) bond motifs is 1. The quantitative estimate of drug-likeness (QED) is 0.411. The SMILES string of the molecule is Cc1cn2c(-c3cnn(CC(=O)NC4CCOCC4)c3)cnc2c(NC2CC(CN3CCCC(C)C3)=NS2)n1. The Kier molecular flexibility index (Phi) is 7.85. The molecular formula is C27H37N9O2S. The number of imidazole rings is 1. The summed E-state index contributed by atoms with van der Waals surface area (Å²) in [4.78, 5) is 24.5. The second-order valence-corrected chi connectivity index (χ2v) is 12.0. The molecule has 3 aromatic rings. The Balaban J connectivity index is 1.11. The molecule has 3 aliphatic heterocycles. The van der Waals surface area contributed by atoms with Crippen molar-refractivity contribution < 1.29 is 9.53 Å². The van der Waals surface area contributed by atoms with Crippen LogP contribution in [0.2, 0.25) is 0 Å². The molecule has 0 saturated carbocycles. The van der Waals surface area contributed by atoms with Crippen molar-refractivity contribution in [3.63, 3.8) is 0 Å². The largest absolute Gasteiger partial charge is 0.381 e. The van der Waals surface area contributed by atoms with Gasteiger partial charge in [-0.05, 0) is 57.0 Å². The van der Waals surface area contributed by atoms with Crippen LogP contribution in [-0.2, 0) is 16.1 Å². The van der Waals surface area contributed by atoms with Crippen LogP contribution in [0.15, 0.2) is 29.2 Å². The maximum Gasteiger partial charge on any atom is 0.241 e. The minimum Gasteiger partial charge on any atom is -0.381 e. The normalized spacial score (nSPS) is 22.8. The van der Waals surface area contributed by atoms with Gasteiger partial charge in [0.25, 0.3) is 0 Å². The first kappa shape index (κ1) is 26.3. The highest BCUT2D eigenvalue weighted by molar-refractivity contribution is 7.99. The summed E-state index contributed by atoms with van der Waals surface area (Å²) < 4.78 is 13.9. The van der Waals surface area contributed by atoms with E-state index >= 15 is 0 Å². The van der Waals surface area contributed by atoms with Crippen molar-refractivity contribution in [1.29, 1.82) is 0 Å². The van der Waals surface area contributed by atoms with Gasteiger partial charge in [-0.15, -0.1) is 0 Å². The first-order valence-corrected chi connectivity index (χ1v) is 14.8. The number of nitrogens with zero attached hydrogens (tertiary/aromatic N) is 7. The molecule has 0 aliphatic carbocycles. The van der Waals surface area contributed by atoms with Gasteiger partial charge in [0.15, 0.2) is 11.5 Å². The summed E-state index contributed by atoms with van der Waals surface area (Å²) in [6.45, 7) is 9.18. The molecule has 6 rings (SSSR count). The molecule has 0 aromatic carbocycles. The monoisotopic (exact) mass is 551 g/mol. The highest BCUT2D eigenvalue weighted by Gasteiger charge is 2.25. The standard InChI is InChI=1S/C27H37N9O2S/c1-18-4-3-7-34(13-18)16-22-10-25(39-33-22)32-26-27-28-12-23(36(27)14-19(2)30-26)20-11-29-35(15-20)17-24(37)31-21-5-8-38-9-6-21/h11-12,14-15,18,21,25H,3-10,13,16-17H2,1-2H3,(H,30,32)(H,31,37). The number of ether oxygens (including phenoxy) is 1. The van der Waals surface area contributed by atoms with Crippen molar-refractivity contribution in [1.82, 2.24) is 34.4 Å². The number of aryl methyl sites for hydroxylation is 1. The van der Waals surface area contributed by atoms with E-state index in [0.717, 1.165) is 66.7 Å². The summed E-state index contributed by atoms with van der Waals surface area (Å²) in [5.41, 5.74) is 4.70. The molecule has 3 aromatic heterocycles. The number of hydrogen-bond donors (Lipinski definition) is 2. The fraction of sp³-hybridized carbons (Fsp3) is 0.593. The number of amides is 1. The molecule has 6 heterocycles. The second-order valence-electron chi connectivity index (χ2n) is 11.0. The van der Waals surface area contributed by atoms with Gasteiger partial charge in [-0.25, -0.2) is 14.4 Å². The molecule has 3 aliphatic rings. The molecule has 0 bridgehead atoms. The topological polar surface area (TPSA) is 114 Å². The van der Waals surface area contributed by atoms with Crippen LogP contribution in [0, 0.1) is 12.8 Å². The third-order valence-corrected chi connectivity index (χ3v) is 8.51. The van der Waals surface area contributed by atoms with E-state index in [2.05, 4.69) is 27.6 Å². The zero-order valence-corrected chi connectivity index (χ0v) is 23.5. The number of aromatic nitrogens is 5. The Morgan fingerprint density at radius 2 is 2.08 bits per heavy atom. The van der Waals surface area contributed by atoms with Gasteiger partial charge in [-0.3, -0.25) is 18.8 Å². The third kappa shape index (κ3) is 6.28. The summed E-state index contributed by atoms with van der Waals surface area (Å²) >= 11 is 1.59. The van der Waals surface area contributed by atoms with Gasteiger partial charge < -0.3 is 15.4 Å². The lowest BCUT2D eigenvalue weighted by Crippen LogP contribution is -2.40. The van der Waals surface area contributed by atoms with E-state index in [-0.39, 0.29) is 23.9 Å². The van der Waals surface area contributed by atoms with Crippen molar-refractivity contribution >= 4 is 35.0 Å². The van der Waals surface area contributed by atoms with Crippen LogP contribution < -0.4 is 10.6 Å². The van der Waals surface area contributed by atoms with Crippen molar-refractivity contribution in [2.24, 2.45) is 10.3 Å². The van der Waals surface area contributed by atoms with Crippen molar-refractivity contribution in [3.05, 3.63) is 30.5 Å². The van der Waals surface area contributed by atoms with Gasteiger partial charge in [0.1, 0.15) is 11.9 Å². The summed E-state index contributed by atoms with van der Waals surface area (Å²) in [5, 5.41) is 11.3. The predicted octanol–water partition coefficient (Wildman–Crippen LogP) is 3.16. The average molecular weight is 552 g/mol. The zero-order chi connectivity index (χ0) is 26.8. The van der Waals surface area contributed by atoms with E-state index in [0.29, 0.717) is 13.2 Å². The van der Waals surface area contributed by atoms with E-state index in [1.165, 1.54) is 25.1 Å². The summed E-state index contributed by atoms with van der Waals surface area (Å²) in [6, 6.07) is 0.175. The van der Waals surface area contributed by atoms with Gasteiger partial charge in [-0.2, -0.15) is 5.10 Å². The number of rotatable bonds is 8. The number of carbonyl (C=O) groups is 1. The van der Waals surface area contributed by atoms with E-state index in [1.807, 2.05) is 29.9 Å². The van der Waals surface area contributed by atoms with Gasteiger partial charge in [0.2, 0.25) is 5.91 Å². The van der Waals surface area contributed by atoms with Crippen molar-refractivity contribution in [3.8, 4) is 11.3 Å². The lowest BCUT2D eigenvalue weighted by molar-refractivity contribution is -0.123. The van der Waals surface area contributed by atoms with Gasteiger partial charge >= 0.3 is 0 Å². The highest BCUT2D eigenvalue weighted by Crippen LogP contribution is 2.30. The van der Waals surface area contributed by atoms with Gasteiger partial charge in [-0.1, -0.05) is 6.92 Å². The van der Waals surface area contributed by atoms with Crippen molar-refractivity contribution in [2.75, 3.05) is 38.2 Å². The average Bonchev–Trinajstić information content (AvgIpc) is 3.65. The fourth-order valence-corrected chi connectivity index (χ4v) is 6.54. The molecule has 39 heavy (non-hydrogen) atoms. The molecule has 208 valence electrons. The second kappa shape index (κ2) is 11.6. The maximum atomic E-state index is 12.5. The van der Waals surface area contributed by atoms with Crippen LogP contribution in [0.25, 0.3) is 16.9 Å². The molecule has 11 nitrogen and oxygen atoms in total.